The lowest BCUT2D eigenvalue weighted by molar-refractivity contribution is -0.117. The Balaban J connectivity index is 2.35. The summed E-state index contributed by atoms with van der Waals surface area (Å²) in [7, 11) is 0. The van der Waals surface area contributed by atoms with Crippen molar-refractivity contribution in [2.75, 3.05) is 11.4 Å². The zero-order chi connectivity index (χ0) is 11.7. The molecule has 1 aliphatic rings. The number of benzene rings is 1. The molecule has 16 heavy (non-hydrogen) atoms. The lowest BCUT2D eigenvalue weighted by atomic mass is 10.1. The molecule has 82 valence electrons. The maximum Gasteiger partial charge on any atom is 0.228 e. The Kier molecular flexibility index (Phi) is 2.97. The molecule has 1 aliphatic heterocycles. The van der Waals surface area contributed by atoms with Crippen LogP contribution in [-0.4, -0.2) is 12.5 Å². The second kappa shape index (κ2) is 4.26. The Hall–Kier alpha value is -1.34. The third-order valence-corrected chi connectivity index (χ3v) is 3.05. The molecule has 0 bridgehead atoms. The van der Waals surface area contributed by atoms with Gasteiger partial charge in [0.25, 0.3) is 0 Å². The Morgan fingerprint density at radius 1 is 1.56 bits per heavy atom. The smallest absolute Gasteiger partial charge is 0.228 e. The first-order chi connectivity index (χ1) is 7.61. The molecule has 0 saturated carbocycles. The molecule has 1 saturated heterocycles. The van der Waals surface area contributed by atoms with Crippen LogP contribution in [0.15, 0.2) is 22.7 Å². The molecule has 1 aromatic rings. The summed E-state index contributed by atoms with van der Waals surface area (Å²) in [5.74, 6) is 1.88. The fourth-order valence-electron chi connectivity index (χ4n) is 1.74. The van der Waals surface area contributed by atoms with Gasteiger partial charge in [-0.25, -0.2) is 4.39 Å². The number of halogens is 2. The van der Waals surface area contributed by atoms with E-state index in [0.29, 0.717) is 13.0 Å². The standard InChI is InChI=1S/C12H9BrFNO/c1-2-8-5-12(16)15(7-8)11-6-9(13)3-4-10(11)14/h1,3-4,6,8H,5,7H2. The zero-order valence-corrected chi connectivity index (χ0v) is 10.00. The summed E-state index contributed by atoms with van der Waals surface area (Å²) in [5, 5.41) is 0. The van der Waals surface area contributed by atoms with Crippen LogP contribution in [0.3, 0.4) is 0 Å². The highest BCUT2D eigenvalue weighted by Crippen LogP contribution is 2.29. The van der Waals surface area contributed by atoms with Crippen molar-refractivity contribution in [2.45, 2.75) is 6.42 Å². The molecule has 1 unspecified atom stereocenters. The van der Waals surface area contributed by atoms with E-state index in [4.69, 9.17) is 6.42 Å². The number of carbonyl (C=O) groups is 1. The third-order valence-electron chi connectivity index (χ3n) is 2.56. The highest BCUT2D eigenvalue weighted by Gasteiger charge is 2.30. The monoisotopic (exact) mass is 281 g/mol. The van der Waals surface area contributed by atoms with Crippen molar-refractivity contribution in [3.8, 4) is 12.3 Å². The number of hydrogen-bond acceptors (Lipinski definition) is 1. The summed E-state index contributed by atoms with van der Waals surface area (Å²) < 4.78 is 14.3. The Morgan fingerprint density at radius 3 is 2.94 bits per heavy atom. The first kappa shape index (κ1) is 11.2. The average Bonchev–Trinajstić information content (AvgIpc) is 2.63. The maximum absolute atomic E-state index is 13.6. The molecule has 2 rings (SSSR count). The highest BCUT2D eigenvalue weighted by molar-refractivity contribution is 9.10. The molecule has 1 aromatic carbocycles. The van der Waals surface area contributed by atoms with Crippen LogP contribution in [0, 0.1) is 24.1 Å². The van der Waals surface area contributed by atoms with Crippen molar-refractivity contribution >= 4 is 27.5 Å². The molecule has 0 N–H and O–H groups in total. The molecule has 0 spiro atoms. The average molecular weight is 282 g/mol. The van der Waals surface area contributed by atoms with E-state index < -0.39 is 5.82 Å². The van der Waals surface area contributed by atoms with E-state index >= 15 is 0 Å². The van der Waals surface area contributed by atoms with E-state index in [1.807, 2.05) is 0 Å². The predicted octanol–water partition coefficient (Wildman–Crippen LogP) is 2.57. The number of amides is 1. The number of hydrogen-bond donors (Lipinski definition) is 0. The molecular formula is C12H9BrFNO. The van der Waals surface area contributed by atoms with Gasteiger partial charge >= 0.3 is 0 Å². The first-order valence-corrected chi connectivity index (χ1v) is 5.62. The molecule has 0 aromatic heterocycles. The van der Waals surface area contributed by atoms with E-state index in [1.165, 1.54) is 11.0 Å². The minimum atomic E-state index is -0.408. The summed E-state index contributed by atoms with van der Waals surface area (Å²) in [6, 6.07) is 4.51. The second-order valence-electron chi connectivity index (χ2n) is 3.67. The molecule has 2 nitrogen and oxygen atoms in total. The lowest BCUT2D eigenvalue weighted by Gasteiger charge is -2.16. The summed E-state index contributed by atoms with van der Waals surface area (Å²) >= 11 is 3.25. The SMILES string of the molecule is C#CC1CC(=O)N(c2cc(Br)ccc2F)C1. The fourth-order valence-corrected chi connectivity index (χ4v) is 2.09. The number of anilines is 1. The molecule has 0 aliphatic carbocycles. The van der Waals surface area contributed by atoms with Gasteiger partial charge in [0.2, 0.25) is 5.91 Å². The van der Waals surface area contributed by atoms with Gasteiger partial charge in [-0.3, -0.25) is 4.79 Å². The summed E-state index contributed by atoms with van der Waals surface area (Å²) in [5.41, 5.74) is 0.289. The van der Waals surface area contributed by atoms with Gasteiger partial charge in [-0.2, -0.15) is 0 Å². The van der Waals surface area contributed by atoms with E-state index in [0.717, 1.165) is 4.47 Å². The van der Waals surface area contributed by atoms with Gasteiger partial charge in [-0.05, 0) is 18.2 Å². The van der Waals surface area contributed by atoms with Gasteiger partial charge in [-0.15, -0.1) is 12.3 Å². The molecular weight excluding hydrogens is 273 g/mol. The fraction of sp³-hybridized carbons (Fsp3) is 0.250. The lowest BCUT2D eigenvalue weighted by Crippen LogP contribution is -2.25. The van der Waals surface area contributed by atoms with E-state index in [-0.39, 0.29) is 17.5 Å². The van der Waals surface area contributed by atoms with Gasteiger partial charge in [0.1, 0.15) is 5.82 Å². The summed E-state index contributed by atoms with van der Waals surface area (Å²) in [6.45, 7) is 0.392. The van der Waals surface area contributed by atoms with E-state index in [9.17, 15) is 9.18 Å². The van der Waals surface area contributed by atoms with Crippen molar-refractivity contribution in [1.82, 2.24) is 0 Å². The van der Waals surface area contributed by atoms with Crippen LogP contribution in [0.1, 0.15) is 6.42 Å². The predicted molar refractivity (Wildman–Crippen MR) is 63.4 cm³/mol. The molecule has 1 atom stereocenters. The maximum atomic E-state index is 13.6. The number of nitrogens with zero attached hydrogens (tertiary/aromatic N) is 1. The molecule has 1 heterocycles. The van der Waals surface area contributed by atoms with Gasteiger partial charge in [0, 0.05) is 23.4 Å². The highest BCUT2D eigenvalue weighted by atomic mass is 79.9. The van der Waals surface area contributed by atoms with Crippen molar-refractivity contribution in [3.63, 3.8) is 0 Å². The Labute approximate surface area is 102 Å². The van der Waals surface area contributed by atoms with Crippen LogP contribution in [0.2, 0.25) is 0 Å². The van der Waals surface area contributed by atoms with Crippen molar-refractivity contribution < 1.29 is 9.18 Å². The zero-order valence-electron chi connectivity index (χ0n) is 8.41. The molecule has 4 heteroatoms. The summed E-state index contributed by atoms with van der Waals surface area (Å²) in [4.78, 5) is 13.1. The van der Waals surface area contributed by atoms with Gasteiger partial charge < -0.3 is 4.90 Å². The third kappa shape index (κ3) is 1.96. The minimum absolute atomic E-state index is 0.120. The van der Waals surface area contributed by atoms with Crippen molar-refractivity contribution in [2.24, 2.45) is 5.92 Å². The van der Waals surface area contributed by atoms with Crippen LogP contribution < -0.4 is 4.90 Å². The normalized spacial score (nSPS) is 19.9. The van der Waals surface area contributed by atoms with Crippen molar-refractivity contribution in [1.29, 1.82) is 0 Å². The molecule has 1 amide bonds. The number of carbonyl (C=O) groups excluding carboxylic acids is 1. The summed E-state index contributed by atoms with van der Waals surface area (Å²) in [6.07, 6.45) is 5.57. The van der Waals surface area contributed by atoms with Crippen LogP contribution in [0.4, 0.5) is 10.1 Å². The first-order valence-electron chi connectivity index (χ1n) is 4.83. The van der Waals surface area contributed by atoms with Crippen LogP contribution in [0.5, 0.6) is 0 Å². The van der Waals surface area contributed by atoms with Crippen LogP contribution in [0.25, 0.3) is 0 Å². The molecule has 0 radical (unpaired) electrons. The quantitative estimate of drug-likeness (QED) is 0.725. The van der Waals surface area contributed by atoms with Gasteiger partial charge in [-0.1, -0.05) is 15.9 Å². The van der Waals surface area contributed by atoms with E-state index in [2.05, 4.69) is 21.9 Å². The molecule has 1 fully saturated rings. The van der Waals surface area contributed by atoms with Gasteiger partial charge in [0.15, 0.2) is 0 Å². The van der Waals surface area contributed by atoms with Crippen molar-refractivity contribution in [3.05, 3.63) is 28.5 Å². The number of terminal acetylenes is 1. The van der Waals surface area contributed by atoms with E-state index in [1.54, 1.807) is 12.1 Å². The second-order valence-corrected chi connectivity index (χ2v) is 4.58. The van der Waals surface area contributed by atoms with Gasteiger partial charge in [0.05, 0.1) is 5.69 Å². The Bertz CT molecular complexity index is 480. The topological polar surface area (TPSA) is 20.3 Å². The number of rotatable bonds is 1. The Morgan fingerprint density at radius 2 is 2.31 bits per heavy atom. The van der Waals surface area contributed by atoms with Crippen LogP contribution >= 0.6 is 15.9 Å². The van der Waals surface area contributed by atoms with Crippen LogP contribution in [-0.2, 0) is 4.79 Å². The largest absolute Gasteiger partial charge is 0.308 e. The minimum Gasteiger partial charge on any atom is -0.308 e.